The van der Waals surface area contributed by atoms with Gasteiger partial charge in [-0.05, 0) is 31.0 Å². The van der Waals surface area contributed by atoms with Gasteiger partial charge >= 0.3 is 0 Å². The first-order valence-electron chi connectivity index (χ1n) is 7.43. The molecule has 0 unspecified atom stereocenters. The highest BCUT2D eigenvalue weighted by Gasteiger charge is 2.28. The van der Waals surface area contributed by atoms with Crippen molar-refractivity contribution < 1.29 is 14.0 Å². The molecule has 1 saturated heterocycles. The predicted molar refractivity (Wildman–Crippen MR) is 86.9 cm³/mol. The Hall–Kier alpha value is -1.43. The van der Waals surface area contributed by atoms with Gasteiger partial charge in [-0.1, -0.05) is 29.8 Å². The second kappa shape index (κ2) is 7.22. The van der Waals surface area contributed by atoms with Crippen LogP contribution in [0.2, 0.25) is 0 Å². The van der Waals surface area contributed by atoms with Crippen LogP contribution in [-0.4, -0.2) is 29.8 Å². The van der Waals surface area contributed by atoms with Gasteiger partial charge in [0, 0.05) is 29.4 Å². The minimum absolute atomic E-state index is 0.0257. The predicted octanol–water partition coefficient (Wildman–Crippen LogP) is 3.42. The lowest BCUT2D eigenvalue weighted by molar-refractivity contribution is -0.137. The molecule has 22 heavy (non-hydrogen) atoms. The molecule has 1 aromatic rings. The van der Waals surface area contributed by atoms with Gasteiger partial charge in [-0.2, -0.15) is 0 Å². The van der Waals surface area contributed by atoms with Crippen LogP contribution in [0, 0.1) is 17.7 Å². The van der Waals surface area contributed by atoms with E-state index in [0.29, 0.717) is 30.4 Å². The Bertz CT molecular complexity index is 569. The van der Waals surface area contributed by atoms with Crippen molar-refractivity contribution in [2.24, 2.45) is 11.8 Å². The molecule has 0 saturated carbocycles. The summed E-state index contributed by atoms with van der Waals surface area (Å²) in [6, 6.07) is 4.54. The van der Waals surface area contributed by atoms with Crippen molar-refractivity contribution >= 4 is 33.4 Å². The van der Waals surface area contributed by atoms with Crippen molar-refractivity contribution in [3.05, 3.63) is 28.5 Å². The summed E-state index contributed by atoms with van der Waals surface area (Å²) in [4.78, 5) is 25.9. The van der Waals surface area contributed by atoms with Crippen molar-refractivity contribution in [1.82, 2.24) is 4.90 Å². The second-order valence-electron chi connectivity index (χ2n) is 5.87. The van der Waals surface area contributed by atoms with E-state index in [1.165, 1.54) is 12.1 Å². The van der Waals surface area contributed by atoms with Crippen LogP contribution in [0.3, 0.4) is 0 Å². The lowest BCUT2D eigenvalue weighted by Crippen LogP contribution is -2.43. The zero-order valence-electron chi connectivity index (χ0n) is 12.7. The maximum atomic E-state index is 13.7. The molecule has 0 spiro atoms. The Labute approximate surface area is 138 Å². The Balaban J connectivity index is 1.91. The lowest BCUT2D eigenvalue weighted by Gasteiger charge is -2.32. The molecule has 120 valence electrons. The van der Waals surface area contributed by atoms with E-state index in [-0.39, 0.29) is 29.3 Å². The van der Waals surface area contributed by atoms with Crippen molar-refractivity contribution in [1.29, 1.82) is 0 Å². The minimum atomic E-state index is -0.463. The van der Waals surface area contributed by atoms with Gasteiger partial charge in [0.2, 0.25) is 11.8 Å². The van der Waals surface area contributed by atoms with Crippen LogP contribution in [0.4, 0.5) is 10.1 Å². The molecule has 1 aliphatic rings. The standard InChI is InChI=1S/C16H20BrFN2O2/c1-10(2)16(22)20-7-5-11(6-8-20)15(21)19-14-4-3-12(17)9-13(14)18/h3-4,9-11H,5-8H2,1-2H3,(H,19,21). The Morgan fingerprint density at radius 1 is 1.32 bits per heavy atom. The molecule has 1 heterocycles. The second-order valence-corrected chi connectivity index (χ2v) is 6.78. The summed E-state index contributed by atoms with van der Waals surface area (Å²) in [7, 11) is 0. The molecule has 1 aliphatic heterocycles. The SMILES string of the molecule is CC(C)C(=O)N1CCC(C(=O)Nc2ccc(Br)cc2F)CC1. The zero-order valence-corrected chi connectivity index (χ0v) is 14.3. The third-order valence-corrected chi connectivity index (χ3v) is 4.35. The van der Waals surface area contributed by atoms with E-state index in [9.17, 15) is 14.0 Å². The van der Waals surface area contributed by atoms with Crippen LogP contribution in [0.15, 0.2) is 22.7 Å². The molecule has 1 N–H and O–H groups in total. The fourth-order valence-corrected chi connectivity index (χ4v) is 2.89. The number of rotatable bonds is 3. The minimum Gasteiger partial charge on any atom is -0.342 e. The average Bonchev–Trinajstić information content (AvgIpc) is 2.49. The van der Waals surface area contributed by atoms with Crippen LogP contribution in [0.25, 0.3) is 0 Å². The number of nitrogens with one attached hydrogen (secondary N) is 1. The number of hydrogen-bond acceptors (Lipinski definition) is 2. The topological polar surface area (TPSA) is 49.4 Å². The monoisotopic (exact) mass is 370 g/mol. The summed E-state index contributed by atoms with van der Waals surface area (Å²) in [6.07, 6.45) is 1.23. The molecule has 2 amide bonds. The lowest BCUT2D eigenvalue weighted by atomic mass is 9.95. The van der Waals surface area contributed by atoms with Crippen LogP contribution in [0.1, 0.15) is 26.7 Å². The molecule has 1 fully saturated rings. The van der Waals surface area contributed by atoms with E-state index in [1.54, 1.807) is 11.0 Å². The van der Waals surface area contributed by atoms with Crippen LogP contribution in [-0.2, 0) is 9.59 Å². The maximum absolute atomic E-state index is 13.7. The van der Waals surface area contributed by atoms with E-state index in [1.807, 2.05) is 13.8 Å². The van der Waals surface area contributed by atoms with Gasteiger partial charge in [0.25, 0.3) is 0 Å². The van der Waals surface area contributed by atoms with Crippen LogP contribution < -0.4 is 5.32 Å². The van der Waals surface area contributed by atoms with E-state index >= 15 is 0 Å². The number of halogens is 2. The number of hydrogen-bond donors (Lipinski definition) is 1. The first-order valence-corrected chi connectivity index (χ1v) is 8.22. The molecule has 4 nitrogen and oxygen atoms in total. The first kappa shape index (κ1) is 16.9. The molecule has 0 aliphatic carbocycles. The number of nitrogens with zero attached hydrogens (tertiary/aromatic N) is 1. The first-order chi connectivity index (χ1) is 10.4. The van der Waals surface area contributed by atoms with Gasteiger partial charge < -0.3 is 10.2 Å². The number of piperidine rings is 1. The summed E-state index contributed by atoms with van der Waals surface area (Å²) < 4.78 is 14.4. The summed E-state index contributed by atoms with van der Waals surface area (Å²) in [5, 5.41) is 2.64. The average molecular weight is 371 g/mol. The van der Waals surface area contributed by atoms with Gasteiger partial charge in [0.1, 0.15) is 5.82 Å². The summed E-state index contributed by atoms with van der Waals surface area (Å²) in [5.74, 6) is -0.729. The van der Waals surface area contributed by atoms with Crippen LogP contribution >= 0.6 is 15.9 Å². The number of likely N-dealkylation sites (tertiary alicyclic amines) is 1. The zero-order chi connectivity index (χ0) is 16.3. The number of benzene rings is 1. The molecular formula is C16H20BrFN2O2. The summed E-state index contributed by atoms with van der Waals surface area (Å²) in [5.41, 5.74) is 0.189. The molecule has 1 aromatic carbocycles. The quantitative estimate of drug-likeness (QED) is 0.885. The fourth-order valence-electron chi connectivity index (χ4n) is 2.55. The van der Waals surface area contributed by atoms with Gasteiger partial charge in [-0.15, -0.1) is 0 Å². The van der Waals surface area contributed by atoms with Crippen molar-refractivity contribution in [3.8, 4) is 0 Å². The van der Waals surface area contributed by atoms with Gasteiger partial charge in [0.05, 0.1) is 5.69 Å². The Morgan fingerprint density at radius 2 is 1.95 bits per heavy atom. The highest BCUT2D eigenvalue weighted by molar-refractivity contribution is 9.10. The molecular weight excluding hydrogens is 351 g/mol. The summed E-state index contributed by atoms with van der Waals surface area (Å²) >= 11 is 3.18. The van der Waals surface area contributed by atoms with Gasteiger partial charge in [0.15, 0.2) is 0 Å². The Kier molecular flexibility index (Phi) is 5.56. The van der Waals surface area contributed by atoms with E-state index < -0.39 is 5.82 Å². The van der Waals surface area contributed by atoms with Gasteiger partial charge in [-0.25, -0.2) is 4.39 Å². The van der Waals surface area contributed by atoms with Crippen LogP contribution in [0.5, 0.6) is 0 Å². The normalized spacial score (nSPS) is 16.0. The highest BCUT2D eigenvalue weighted by Crippen LogP contribution is 2.23. The van der Waals surface area contributed by atoms with Gasteiger partial charge in [-0.3, -0.25) is 9.59 Å². The van der Waals surface area contributed by atoms with Crippen molar-refractivity contribution in [2.75, 3.05) is 18.4 Å². The number of anilines is 1. The highest BCUT2D eigenvalue weighted by atomic mass is 79.9. The van der Waals surface area contributed by atoms with E-state index in [2.05, 4.69) is 21.2 Å². The van der Waals surface area contributed by atoms with E-state index in [0.717, 1.165) is 0 Å². The fraction of sp³-hybridized carbons (Fsp3) is 0.500. The maximum Gasteiger partial charge on any atom is 0.227 e. The van der Waals surface area contributed by atoms with Crippen molar-refractivity contribution in [2.45, 2.75) is 26.7 Å². The largest absolute Gasteiger partial charge is 0.342 e. The smallest absolute Gasteiger partial charge is 0.227 e. The molecule has 6 heteroatoms. The Morgan fingerprint density at radius 3 is 2.50 bits per heavy atom. The summed E-state index contributed by atoms with van der Waals surface area (Å²) in [6.45, 7) is 4.91. The van der Waals surface area contributed by atoms with E-state index in [4.69, 9.17) is 0 Å². The molecule has 0 bridgehead atoms. The third-order valence-electron chi connectivity index (χ3n) is 3.86. The molecule has 0 radical (unpaired) electrons. The van der Waals surface area contributed by atoms with Crippen molar-refractivity contribution in [3.63, 3.8) is 0 Å². The molecule has 2 rings (SSSR count). The third kappa shape index (κ3) is 4.06. The number of carbonyl (C=O) groups excluding carboxylic acids is 2. The molecule has 0 aromatic heterocycles. The number of amides is 2. The number of carbonyl (C=O) groups is 2. The molecule has 0 atom stereocenters.